The molecule has 0 unspecified atom stereocenters. The number of ether oxygens (including phenoxy) is 1. The van der Waals surface area contributed by atoms with Crippen LogP contribution in [-0.2, 0) is 15.6 Å². The predicted molar refractivity (Wildman–Crippen MR) is 92.6 cm³/mol. The van der Waals surface area contributed by atoms with E-state index < -0.39 is 20.8 Å². The van der Waals surface area contributed by atoms with E-state index in [0.717, 1.165) is 0 Å². The Kier molecular flexibility index (Phi) is 4.41. The number of benzene rings is 2. The Balaban J connectivity index is 2.08. The van der Waals surface area contributed by atoms with Crippen LogP contribution >= 0.6 is 0 Å². The molecule has 0 fully saturated rings. The van der Waals surface area contributed by atoms with Crippen LogP contribution in [0.2, 0.25) is 0 Å². The maximum Gasteiger partial charge on any atom is 0.338 e. The molecule has 0 aliphatic carbocycles. The highest BCUT2D eigenvalue weighted by Gasteiger charge is 2.25. The molecule has 0 saturated carbocycles. The van der Waals surface area contributed by atoms with Crippen molar-refractivity contribution in [3.63, 3.8) is 0 Å². The van der Waals surface area contributed by atoms with Crippen molar-refractivity contribution in [2.24, 2.45) is 0 Å². The Hall–Kier alpha value is -2.93. The van der Waals surface area contributed by atoms with Gasteiger partial charge in [0, 0.05) is 5.39 Å². The topological polar surface area (TPSA) is 93.6 Å². The fraction of sp³-hybridized carbons (Fsp3) is 0.111. The SMILES string of the molecule is COc1ccc(CS(=O)(=O)c2nc3ccccc3cc2C(=O)O)cc1. The highest BCUT2D eigenvalue weighted by atomic mass is 32.2. The summed E-state index contributed by atoms with van der Waals surface area (Å²) in [6, 6.07) is 14.7. The van der Waals surface area contributed by atoms with Crippen molar-refractivity contribution in [1.29, 1.82) is 0 Å². The summed E-state index contributed by atoms with van der Waals surface area (Å²) in [5.74, 6) is -1.06. The number of nitrogens with zero attached hydrogens (tertiary/aromatic N) is 1. The lowest BCUT2D eigenvalue weighted by atomic mass is 10.1. The summed E-state index contributed by atoms with van der Waals surface area (Å²) in [6.07, 6.45) is 0. The largest absolute Gasteiger partial charge is 0.497 e. The van der Waals surface area contributed by atoms with Gasteiger partial charge in [-0.15, -0.1) is 0 Å². The van der Waals surface area contributed by atoms with E-state index in [4.69, 9.17) is 4.74 Å². The van der Waals surface area contributed by atoms with Crippen LogP contribution in [0, 0.1) is 0 Å². The van der Waals surface area contributed by atoms with Crippen LogP contribution in [-0.4, -0.2) is 31.6 Å². The molecule has 0 spiro atoms. The van der Waals surface area contributed by atoms with Crippen LogP contribution in [0.1, 0.15) is 15.9 Å². The summed E-state index contributed by atoms with van der Waals surface area (Å²) in [7, 11) is -2.42. The second-order valence-electron chi connectivity index (χ2n) is 5.45. The third-order valence-electron chi connectivity index (χ3n) is 3.73. The molecule has 0 bridgehead atoms. The van der Waals surface area contributed by atoms with E-state index in [9.17, 15) is 18.3 Å². The predicted octanol–water partition coefficient (Wildman–Crippen LogP) is 2.92. The number of para-hydroxylation sites is 1. The molecule has 1 aromatic heterocycles. The van der Waals surface area contributed by atoms with Crippen molar-refractivity contribution in [3.05, 3.63) is 65.7 Å². The zero-order chi connectivity index (χ0) is 18.0. The number of methoxy groups -OCH3 is 1. The molecule has 0 saturated heterocycles. The van der Waals surface area contributed by atoms with Crippen LogP contribution in [0.5, 0.6) is 5.75 Å². The average molecular weight is 357 g/mol. The van der Waals surface area contributed by atoms with Gasteiger partial charge in [-0.3, -0.25) is 0 Å². The Morgan fingerprint density at radius 2 is 1.80 bits per heavy atom. The standard InChI is InChI=1S/C18H15NO5S/c1-24-14-8-6-12(7-9-14)11-25(22,23)17-15(18(20)21)10-13-4-2-3-5-16(13)19-17/h2-10H,11H2,1H3,(H,20,21). The van der Waals surface area contributed by atoms with Gasteiger partial charge in [0.1, 0.15) is 5.75 Å². The first kappa shape index (κ1) is 16.9. The van der Waals surface area contributed by atoms with Gasteiger partial charge in [0.25, 0.3) is 0 Å². The Labute approximate surface area is 144 Å². The molecule has 3 aromatic rings. The van der Waals surface area contributed by atoms with E-state index in [0.29, 0.717) is 22.2 Å². The Morgan fingerprint density at radius 3 is 2.44 bits per heavy atom. The molecule has 1 heterocycles. The van der Waals surface area contributed by atoms with Crippen molar-refractivity contribution < 1.29 is 23.1 Å². The zero-order valence-electron chi connectivity index (χ0n) is 13.3. The molecule has 25 heavy (non-hydrogen) atoms. The number of rotatable bonds is 5. The number of sulfone groups is 1. The summed E-state index contributed by atoms with van der Waals surface area (Å²) >= 11 is 0. The van der Waals surface area contributed by atoms with E-state index in [1.165, 1.54) is 13.2 Å². The highest BCUT2D eigenvalue weighted by Crippen LogP contribution is 2.24. The lowest BCUT2D eigenvalue weighted by Crippen LogP contribution is -2.13. The van der Waals surface area contributed by atoms with Gasteiger partial charge in [-0.2, -0.15) is 0 Å². The van der Waals surface area contributed by atoms with Crippen LogP contribution in [0.15, 0.2) is 59.6 Å². The minimum atomic E-state index is -3.93. The molecule has 0 radical (unpaired) electrons. The summed E-state index contributed by atoms with van der Waals surface area (Å²) in [4.78, 5) is 15.6. The molecule has 0 aliphatic heterocycles. The fourth-order valence-corrected chi connectivity index (χ4v) is 3.98. The first-order chi connectivity index (χ1) is 11.9. The van der Waals surface area contributed by atoms with E-state index in [-0.39, 0.29) is 11.3 Å². The second kappa shape index (κ2) is 6.52. The summed E-state index contributed by atoms with van der Waals surface area (Å²) < 4.78 is 30.6. The van der Waals surface area contributed by atoms with Crippen molar-refractivity contribution in [1.82, 2.24) is 4.98 Å². The highest BCUT2D eigenvalue weighted by molar-refractivity contribution is 7.90. The average Bonchev–Trinajstić information content (AvgIpc) is 2.61. The number of fused-ring (bicyclic) bond motifs is 1. The molecule has 1 N–H and O–H groups in total. The summed E-state index contributed by atoms with van der Waals surface area (Å²) in [5, 5.41) is 9.55. The maximum atomic E-state index is 12.8. The third-order valence-corrected chi connectivity index (χ3v) is 5.34. The van der Waals surface area contributed by atoms with Crippen molar-refractivity contribution in [3.8, 4) is 5.75 Å². The number of aromatic carboxylic acids is 1. The molecular weight excluding hydrogens is 342 g/mol. The quantitative estimate of drug-likeness (QED) is 0.755. The van der Waals surface area contributed by atoms with Crippen LogP contribution in [0.4, 0.5) is 0 Å². The Bertz CT molecular complexity index is 1040. The molecule has 0 atom stereocenters. The number of carboxylic acid groups (broad SMARTS) is 1. The van der Waals surface area contributed by atoms with Gasteiger partial charge in [0.2, 0.25) is 9.84 Å². The molecule has 2 aromatic carbocycles. The molecule has 3 rings (SSSR count). The van der Waals surface area contributed by atoms with Crippen molar-refractivity contribution in [2.75, 3.05) is 7.11 Å². The third kappa shape index (κ3) is 3.46. The molecular formula is C18H15NO5S. The molecule has 0 aliphatic rings. The number of hydrogen-bond acceptors (Lipinski definition) is 5. The number of carboxylic acids is 1. The second-order valence-corrected chi connectivity index (χ2v) is 7.35. The number of hydrogen-bond donors (Lipinski definition) is 1. The monoisotopic (exact) mass is 357 g/mol. The minimum Gasteiger partial charge on any atom is -0.497 e. The van der Waals surface area contributed by atoms with Gasteiger partial charge >= 0.3 is 5.97 Å². The lowest BCUT2D eigenvalue weighted by molar-refractivity contribution is 0.0692. The zero-order valence-corrected chi connectivity index (χ0v) is 14.2. The first-order valence-corrected chi connectivity index (χ1v) is 9.05. The van der Waals surface area contributed by atoms with Crippen molar-refractivity contribution in [2.45, 2.75) is 10.8 Å². The fourth-order valence-electron chi connectivity index (χ4n) is 2.50. The maximum absolute atomic E-state index is 12.8. The minimum absolute atomic E-state index is 0.327. The van der Waals surface area contributed by atoms with Crippen molar-refractivity contribution >= 4 is 26.7 Å². The number of aromatic nitrogens is 1. The van der Waals surface area contributed by atoms with Gasteiger partial charge in [-0.1, -0.05) is 30.3 Å². The summed E-state index contributed by atoms with van der Waals surface area (Å²) in [6.45, 7) is 0. The molecule has 6 nitrogen and oxygen atoms in total. The van der Waals surface area contributed by atoms with Gasteiger partial charge in [0.15, 0.2) is 5.03 Å². The van der Waals surface area contributed by atoms with E-state index in [1.54, 1.807) is 48.5 Å². The molecule has 128 valence electrons. The van der Waals surface area contributed by atoms with E-state index in [1.807, 2.05) is 0 Å². The van der Waals surface area contributed by atoms with Crippen LogP contribution in [0.25, 0.3) is 10.9 Å². The number of pyridine rings is 1. The normalized spacial score (nSPS) is 11.4. The number of carbonyl (C=O) groups is 1. The first-order valence-electron chi connectivity index (χ1n) is 7.39. The van der Waals surface area contributed by atoms with Crippen LogP contribution in [0.3, 0.4) is 0 Å². The lowest BCUT2D eigenvalue weighted by Gasteiger charge is -2.09. The van der Waals surface area contributed by atoms with Gasteiger partial charge in [-0.25, -0.2) is 18.2 Å². The van der Waals surface area contributed by atoms with Crippen LogP contribution < -0.4 is 4.74 Å². The molecule has 7 heteroatoms. The smallest absolute Gasteiger partial charge is 0.338 e. The van der Waals surface area contributed by atoms with Gasteiger partial charge in [-0.05, 0) is 29.8 Å². The van der Waals surface area contributed by atoms with Gasteiger partial charge < -0.3 is 9.84 Å². The van der Waals surface area contributed by atoms with Gasteiger partial charge in [0.05, 0.1) is 23.9 Å². The molecule has 0 amide bonds. The van der Waals surface area contributed by atoms with E-state index in [2.05, 4.69) is 4.98 Å². The van der Waals surface area contributed by atoms with E-state index >= 15 is 0 Å². The summed E-state index contributed by atoms with van der Waals surface area (Å²) in [5.41, 5.74) is 0.625. The Morgan fingerprint density at radius 1 is 1.12 bits per heavy atom.